The Morgan fingerprint density at radius 1 is 1.30 bits per heavy atom. The normalized spacial score (nSPS) is 17.9. The van der Waals surface area contributed by atoms with Crippen molar-refractivity contribution >= 4 is 17.7 Å². The first-order valence-corrected chi connectivity index (χ1v) is 7.96. The number of piperidine rings is 1. The van der Waals surface area contributed by atoms with Gasteiger partial charge in [-0.05, 0) is 45.1 Å². The largest absolute Gasteiger partial charge is 0.451 e. The summed E-state index contributed by atoms with van der Waals surface area (Å²) in [6, 6.07) is 0. The summed E-state index contributed by atoms with van der Waals surface area (Å²) in [6.45, 7) is 8.17. The second-order valence-corrected chi connectivity index (χ2v) is 6.34. The molecular formula is C17H24N2O4. The van der Waals surface area contributed by atoms with Crippen LogP contribution in [0.25, 0.3) is 0 Å². The maximum absolute atomic E-state index is 12.2. The van der Waals surface area contributed by atoms with Crippen LogP contribution in [-0.2, 0) is 9.53 Å². The molecule has 1 aromatic rings. The molecule has 0 unspecified atom stereocenters. The monoisotopic (exact) mass is 320 g/mol. The Morgan fingerprint density at radius 2 is 2.00 bits per heavy atom. The number of aromatic nitrogens is 1. The van der Waals surface area contributed by atoms with E-state index in [0.29, 0.717) is 29.3 Å². The van der Waals surface area contributed by atoms with Gasteiger partial charge in [0, 0.05) is 24.3 Å². The van der Waals surface area contributed by atoms with Gasteiger partial charge in [-0.3, -0.25) is 9.59 Å². The molecule has 0 aromatic carbocycles. The van der Waals surface area contributed by atoms with Gasteiger partial charge in [0.2, 0.25) is 0 Å². The molecule has 1 amide bonds. The van der Waals surface area contributed by atoms with Crippen molar-refractivity contribution in [2.75, 3.05) is 19.7 Å². The molecule has 1 fully saturated rings. The number of nitrogens with one attached hydrogen (secondary N) is 1. The molecule has 0 radical (unpaired) electrons. The molecule has 0 spiro atoms. The lowest BCUT2D eigenvalue weighted by Crippen LogP contribution is -2.41. The van der Waals surface area contributed by atoms with E-state index < -0.39 is 5.97 Å². The molecule has 1 aromatic heterocycles. The van der Waals surface area contributed by atoms with E-state index in [2.05, 4.69) is 11.9 Å². The summed E-state index contributed by atoms with van der Waals surface area (Å²) in [4.78, 5) is 40.5. The quantitative estimate of drug-likeness (QED) is 0.681. The average Bonchev–Trinajstić information content (AvgIpc) is 2.79. The van der Waals surface area contributed by atoms with Crippen molar-refractivity contribution in [1.29, 1.82) is 0 Å². The standard InChI is InChI=1S/C17H24N2O4/c1-10-6-5-7-19(8-10)14(21)9-23-17(22)16-11(2)15(13(4)20)12(3)18-16/h10,18H,5-9H2,1-4H3/t10-/m1/s1. The first kappa shape index (κ1) is 17.2. The maximum atomic E-state index is 12.2. The number of carbonyl (C=O) groups excluding carboxylic acids is 3. The molecule has 6 nitrogen and oxygen atoms in total. The number of aryl methyl sites for hydroxylation is 1. The summed E-state index contributed by atoms with van der Waals surface area (Å²) in [5.74, 6) is -0.391. The predicted octanol–water partition coefficient (Wildman–Crippen LogP) is 2.25. The van der Waals surface area contributed by atoms with Crippen LogP contribution in [0, 0.1) is 19.8 Å². The van der Waals surface area contributed by atoms with Gasteiger partial charge in [-0.2, -0.15) is 0 Å². The molecule has 1 aliphatic heterocycles. The molecule has 126 valence electrons. The summed E-state index contributed by atoms with van der Waals surface area (Å²) < 4.78 is 5.13. The highest BCUT2D eigenvalue weighted by molar-refractivity contribution is 6.01. The van der Waals surface area contributed by atoms with Crippen LogP contribution in [0.1, 0.15) is 58.8 Å². The summed E-state index contributed by atoms with van der Waals surface area (Å²) in [5, 5.41) is 0. The molecule has 2 rings (SSSR count). The van der Waals surface area contributed by atoms with Crippen molar-refractivity contribution in [3.8, 4) is 0 Å². The fourth-order valence-electron chi connectivity index (χ4n) is 3.19. The van der Waals surface area contributed by atoms with Gasteiger partial charge in [0.1, 0.15) is 5.69 Å². The number of esters is 1. The van der Waals surface area contributed by atoms with Gasteiger partial charge in [-0.15, -0.1) is 0 Å². The molecule has 0 bridgehead atoms. The van der Waals surface area contributed by atoms with Crippen LogP contribution in [0.5, 0.6) is 0 Å². The first-order chi connectivity index (χ1) is 10.8. The Kier molecular flexibility index (Phi) is 5.23. The van der Waals surface area contributed by atoms with Gasteiger partial charge in [0.15, 0.2) is 12.4 Å². The zero-order chi connectivity index (χ0) is 17.1. The van der Waals surface area contributed by atoms with Crippen LogP contribution in [-0.4, -0.2) is 47.2 Å². The van der Waals surface area contributed by atoms with Crippen molar-refractivity contribution in [1.82, 2.24) is 9.88 Å². The second kappa shape index (κ2) is 6.98. The van der Waals surface area contributed by atoms with Gasteiger partial charge in [-0.25, -0.2) is 4.79 Å². The van der Waals surface area contributed by atoms with Crippen LogP contribution in [0.2, 0.25) is 0 Å². The summed E-state index contributed by atoms with van der Waals surface area (Å²) in [5.41, 5.74) is 1.96. The van der Waals surface area contributed by atoms with Gasteiger partial charge in [-0.1, -0.05) is 6.92 Å². The fraction of sp³-hybridized carbons (Fsp3) is 0.588. The molecule has 6 heteroatoms. The number of nitrogens with zero attached hydrogens (tertiary/aromatic N) is 1. The highest BCUT2D eigenvalue weighted by Crippen LogP contribution is 2.19. The zero-order valence-electron chi connectivity index (χ0n) is 14.2. The van der Waals surface area contributed by atoms with E-state index >= 15 is 0 Å². The van der Waals surface area contributed by atoms with E-state index in [-0.39, 0.29) is 24.0 Å². The third kappa shape index (κ3) is 3.81. The summed E-state index contributed by atoms with van der Waals surface area (Å²) >= 11 is 0. The fourth-order valence-corrected chi connectivity index (χ4v) is 3.19. The number of ketones is 1. The molecule has 1 atom stereocenters. The van der Waals surface area contributed by atoms with E-state index in [1.54, 1.807) is 18.7 Å². The Bertz CT molecular complexity index is 633. The highest BCUT2D eigenvalue weighted by Gasteiger charge is 2.24. The van der Waals surface area contributed by atoms with E-state index in [9.17, 15) is 14.4 Å². The Hall–Kier alpha value is -2.11. The van der Waals surface area contributed by atoms with E-state index in [1.807, 2.05) is 0 Å². The average molecular weight is 320 g/mol. The van der Waals surface area contributed by atoms with E-state index in [0.717, 1.165) is 19.4 Å². The molecule has 0 saturated carbocycles. The number of hydrogen-bond donors (Lipinski definition) is 1. The van der Waals surface area contributed by atoms with Crippen LogP contribution < -0.4 is 0 Å². The van der Waals surface area contributed by atoms with Gasteiger partial charge in [0.05, 0.1) is 0 Å². The second-order valence-electron chi connectivity index (χ2n) is 6.34. The van der Waals surface area contributed by atoms with Crippen LogP contribution in [0.3, 0.4) is 0 Å². The van der Waals surface area contributed by atoms with E-state index in [1.165, 1.54) is 6.92 Å². The van der Waals surface area contributed by atoms with Gasteiger partial charge < -0.3 is 14.6 Å². The number of rotatable bonds is 4. The first-order valence-electron chi connectivity index (χ1n) is 7.96. The molecule has 1 saturated heterocycles. The summed E-state index contributed by atoms with van der Waals surface area (Å²) in [6.07, 6.45) is 2.11. The topological polar surface area (TPSA) is 79.5 Å². The molecule has 2 heterocycles. The van der Waals surface area contributed by atoms with Crippen LogP contribution in [0.4, 0.5) is 0 Å². The van der Waals surface area contributed by atoms with E-state index in [4.69, 9.17) is 4.74 Å². The van der Waals surface area contributed by atoms with Crippen molar-refractivity contribution in [2.45, 2.75) is 40.5 Å². The Labute approximate surface area is 136 Å². The molecule has 0 aliphatic carbocycles. The van der Waals surface area contributed by atoms with Gasteiger partial charge in [0.25, 0.3) is 5.91 Å². The van der Waals surface area contributed by atoms with Crippen LogP contribution in [0.15, 0.2) is 0 Å². The van der Waals surface area contributed by atoms with Crippen LogP contribution >= 0.6 is 0 Å². The van der Waals surface area contributed by atoms with Crippen molar-refractivity contribution in [3.05, 3.63) is 22.5 Å². The lowest BCUT2D eigenvalue weighted by molar-refractivity contribution is -0.136. The van der Waals surface area contributed by atoms with Gasteiger partial charge >= 0.3 is 5.97 Å². The highest BCUT2D eigenvalue weighted by atomic mass is 16.5. The third-order valence-electron chi connectivity index (χ3n) is 4.33. The van der Waals surface area contributed by atoms with Crippen molar-refractivity contribution in [2.24, 2.45) is 5.92 Å². The number of likely N-dealkylation sites (tertiary alicyclic amines) is 1. The molecule has 1 aliphatic rings. The lowest BCUT2D eigenvalue weighted by atomic mass is 10.0. The Balaban J connectivity index is 1.99. The third-order valence-corrected chi connectivity index (χ3v) is 4.33. The number of aromatic amines is 1. The minimum absolute atomic E-state index is 0.103. The number of H-pyrrole nitrogens is 1. The smallest absolute Gasteiger partial charge is 0.355 e. The maximum Gasteiger partial charge on any atom is 0.355 e. The number of hydrogen-bond acceptors (Lipinski definition) is 4. The summed E-state index contributed by atoms with van der Waals surface area (Å²) in [7, 11) is 0. The molecule has 23 heavy (non-hydrogen) atoms. The SMILES string of the molecule is CC(=O)c1c(C)[nH]c(C(=O)OCC(=O)N2CCC[C@@H](C)C2)c1C. The minimum Gasteiger partial charge on any atom is -0.451 e. The molecular weight excluding hydrogens is 296 g/mol. The Morgan fingerprint density at radius 3 is 2.57 bits per heavy atom. The predicted molar refractivity (Wildman–Crippen MR) is 85.5 cm³/mol. The lowest BCUT2D eigenvalue weighted by Gasteiger charge is -2.30. The number of Topliss-reactive ketones (excluding diaryl/α,β-unsaturated/α-hetero) is 1. The number of ether oxygens (including phenoxy) is 1. The number of carbonyl (C=O) groups is 3. The van der Waals surface area contributed by atoms with Crippen molar-refractivity contribution < 1.29 is 19.1 Å². The molecule has 1 N–H and O–H groups in total. The zero-order valence-corrected chi connectivity index (χ0v) is 14.2. The van der Waals surface area contributed by atoms with Crippen molar-refractivity contribution in [3.63, 3.8) is 0 Å². The number of amides is 1. The minimum atomic E-state index is -0.600.